The number of carbonyl (C=O) groups is 1. The van der Waals surface area contributed by atoms with Crippen molar-refractivity contribution < 1.29 is 27.8 Å². The molecule has 3 aromatic carbocycles. The number of carboxylic acids is 1. The highest BCUT2D eigenvalue weighted by molar-refractivity contribution is 7.97. The van der Waals surface area contributed by atoms with E-state index >= 15 is 0 Å². The van der Waals surface area contributed by atoms with E-state index in [0.29, 0.717) is 46.5 Å². The largest absolute Gasteiger partial charge is 0.481 e. The fourth-order valence-electron chi connectivity index (χ4n) is 3.71. The van der Waals surface area contributed by atoms with Gasteiger partial charge in [0.15, 0.2) is 0 Å². The lowest BCUT2D eigenvalue weighted by Gasteiger charge is -2.30. The van der Waals surface area contributed by atoms with E-state index in [-0.39, 0.29) is 19.3 Å². The van der Waals surface area contributed by atoms with Gasteiger partial charge in [-0.25, -0.2) is 17.5 Å². The van der Waals surface area contributed by atoms with Gasteiger partial charge in [0.25, 0.3) is 5.92 Å². The predicted molar refractivity (Wildman–Crippen MR) is 118 cm³/mol. The Morgan fingerprint density at radius 3 is 2.47 bits per heavy atom. The highest BCUT2D eigenvalue weighted by Crippen LogP contribution is 2.38. The van der Waals surface area contributed by atoms with Crippen LogP contribution in [0.3, 0.4) is 0 Å². The molecule has 0 unspecified atom stereocenters. The summed E-state index contributed by atoms with van der Waals surface area (Å²) in [6, 6.07) is 13.2. The lowest BCUT2D eigenvalue weighted by atomic mass is 9.98. The van der Waals surface area contributed by atoms with E-state index in [1.165, 1.54) is 24.1 Å². The summed E-state index contributed by atoms with van der Waals surface area (Å²) in [5, 5.41) is 10.5. The molecule has 0 spiro atoms. The molecule has 1 heterocycles. The first-order valence-electron chi connectivity index (χ1n) is 10.2. The van der Waals surface area contributed by atoms with E-state index in [2.05, 4.69) is 0 Å². The Morgan fingerprint density at radius 2 is 1.81 bits per heavy atom. The molecule has 0 radical (unpaired) electrons. The number of nitrogens with zero attached hydrogens (tertiary/aromatic N) is 1. The monoisotopic (exact) mass is 461 g/mol. The molecular formula is C24H22F3NO3S. The van der Waals surface area contributed by atoms with E-state index in [1.54, 1.807) is 31.2 Å². The normalized spacial score (nSPS) is 16.2. The SMILES string of the molecule is Cc1c(CC(=O)O)cc2ccc(F)cc2c1Oc1ccc(SN2CCC(F)(F)CC2)cc1. The highest BCUT2D eigenvalue weighted by atomic mass is 32.2. The summed E-state index contributed by atoms with van der Waals surface area (Å²) in [7, 11) is 0. The lowest BCUT2D eigenvalue weighted by molar-refractivity contribution is -0.136. The molecule has 8 heteroatoms. The summed E-state index contributed by atoms with van der Waals surface area (Å²) in [6.07, 6.45) is -0.451. The quantitative estimate of drug-likeness (QED) is 0.428. The molecule has 168 valence electrons. The molecular weight excluding hydrogens is 439 g/mol. The van der Waals surface area contributed by atoms with Gasteiger partial charge >= 0.3 is 5.97 Å². The number of benzene rings is 3. The van der Waals surface area contributed by atoms with Crippen molar-refractivity contribution in [2.75, 3.05) is 13.1 Å². The molecule has 32 heavy (non-hydrogen) atoms. The van der Waals surface area contributed by atoms with Gasteiger partial charge in [0, 0.05) is 36.2 Å². The molecule has 0 amide bonds. The minimum atomic E-state index is -2.58. The number of ether oxygens (including phenoxy) is 1. The van der Waals surface area contributed by atoms with Crippen molar-refractivity contribution in [3.8, 4) is 11.5 Å². The number of halogens is 3. The van der Waals surface area contributed by atoms with Crippen LogP contribution in [0.2, 0.25) is 0 Å². The molecule has 0 atom stereocenters. The number of piperidine rings is 1. The third-order valence-electron chi connectivity index (χ3n) is 5.49. The molecule has 3 aromatic rings. The smallest absolute Gasteiger partial charge is 0.307 e. The van der Waals surface area contributed by atoms with E-state index in [4.69, 9.17) is 4.74 Å². The molecule has 0 aromatic heterocycles. The average Bonchev–Trinajstić information content (AvgIpc) is 2.74. The number of rotatable bonds is 6. The molecule has 1 saturated heterocycles. The maximum atomic E-state index is 13.9. The maximum Gasteiger partial charge on any atom is 0.307 e. The van der Waals surface area contributed by atoms with Gasteiger partial charge in [0.2, 0.25) is 0 Å². The Kier molecular flexibility index (Phi) is 6.35. The third kappa shape index (κ3) is 5.19. The van der Waals surface area contributed by atoms with Crippen LogP contribution in [0, 0.1) is 12.7 Å². The van der Waals surface area contributed by atoms with E-state index in [0.717, 1.165) is 4.90 Å². The number of fused-ring (bicyclic) bond motifs is 1. The molecule has 1 aliphatic rings. The van der Waals surface area contributed by atoms with Crippen LogP contribution >= 0.6 is 11.9 Å². The number of hydrogen-bond donors (Lipinski definition) is 1. The van der Waals surface area contributed by atoms with Crippen molar-refractivity contribution in [2.45, 2.75) is 37.0 Å². The second kappa shape index (κ2) is 9.03. The van der Waals surface area contributed by atoms with Crippen molar-refractivity contribution in [3.63, 3.8) is 0 Å². The summed E-state index contributed by atoms with van der Waals surface area (Å²) >= 11 is 1.43. The summed E-state index contributed by atoms with van der Waals surface area (Å²) in [5.74, 6) is -3.02. The van der Waals surface area contributed by atoms with Crippen LogP contribution in [-0.2, 0) is 11.2 Å². The average molecular weight is 462 g/mol. The number of aliphatic carboxylic acids is 1. The Balaban J connectivity index is 1.57. The fourth-order valence-corrected chi connectivity index (χ4v) is 4.63. The highest BCUT2D eigenvalue weighted by Gasteiger charge is 2.34. The van der Waals surface area contributed by atoms with Crippen molar-refractivity contribution >= 4 is 28.7 Å². The second-order valence-corrected chi connectivity index (χ2v) is 9.05. The maximum absolute atomic E-state index is 13.9. The Morgan fingerprint density at radius 1 is 1.12 bits per heavy atom. The van der Waals surface area contributed by atoms with Gasteiger partial charge < -0.3 is 9.84 Å². The standard InChI is InChI=1S/C24H22F3NO3S/c1-15-17(13-22(29)30)12-16-2-3-18(25)14-21(16)23(15)31-19-4-6-20(7-5-19)32-28-10-8-24(26,27)9-11-28/h2-7,12,14H,8-11,13H2,1H3,(H,29,30). The van der Waals surface area contributed by atoms with Gasteiger partial charge in [0.1, 0.15) is 17.3 Å². The van der Waals surface area contributed by atoms with Crippen LogP contribution in [0.1, 0.15) is 24.0 Å². The summed E-state index contributed by atoms with van der Waals surface area (Å²) < 4.78 is 48.6. The molecule has 1 aliphatic heterocycles. The van der Waals surface area contributed by atoms with Crippen LogP contribution in [0.4, 0.5) is 13.2 Å². The van der Waals surface area contributed by atoms with Crippen molar-refractivity contribution in [2.24, 2.45) is 0 Å². The van der Waals surface area contributed by atoms with Crippen molar-refractivity contribution in [1.29, 1.82) is 0 Å². The molecule has 4 rings (SSSR count). The Hall–Kier alpha value is -2.71. The summed E-state index contributed by atoms with van der Waals surface area (Å²) in [4.78, 5) is 12.2. The van der Waals surface area contributed by atoms with Gasteiger partial charge in [-0.05, 0) is 71.8 Å². The molecule has 0 aliphatic carbocycles. The Bertz CT molecular complexity index is 1140. The third-order valence-corrected chi connectivity index (χ3v) is 6.59. The molecule has 4 nitrogen and oxygen atoms in total. The zero-order valence-corrected chi connectivity index (χ0v) is 18.2. The van der Waals surface area contributed by atoms with Crippen LogP contribution in [-0.4, -0.2) is 34.4 Å². The number of hydrogen-bond acceptors (Lipinski definition) is 4. The molecule has 1 N–H and O–H groups in total. The first kappa shape index (κ1) is 22.5. The topological polar surface area (TPSA) is 49.8 Å². The summed E-state index contributed by atoms with van der Waals surface area (Å²) in [5.41, 5.74) is 1.24. The van der Waals surface area contributed by atoms with Crippen LogP contribution in [0.25, 0.3) is 10.8 Å². The predicted octanol–water partition coefficient (Wildman–Crippen LogP) is 6.44. The number of alkyl halides is 2. The van der Waals surface area contributed by atoms with Crippen LogP contribution in [0.15, 0.2) is 53.4 Å². The first-order chi connectivity index (χ1) is 15.2. The second-order valence-electron chi connectivity index (χ2n) is 7.88. The molecule has 0 bridgehead atoms. The van der Waals surface area contributed by atoms with Gasteiger partial charge in [-0.15, -0.1) is 0 Å². The lowest BCUT2D eigenvalue weighted by Crippen LogP contribution is -2.35. The molecule has 0 saturated carbocycles. The minimum Gasteiger partial charge on any atom is -0.481 e. The molecule has 1 fully saturated rings. The number of carboxylic acid groups (broad SMARTS) is 1. The van der Waals surface area contributed by atoms with E-state index in [9.17, 15) is 23.1 Å². The van der Waals surface area contributed by atoms with Gasteiger partial charge in [-0.3, -0.25) is 4.79 Å². The van der Waals surface area contributed by atoms with E-state index < -0.39 is 17.7 Å². The van der Waals surface area contributed by atoms with Gasteiger partial charge in [-0.2, -0.15) is 0 Å². The van der Waals surface area contributed by atoms with Gasteiger partial charge in [0.05, 0.1) is 6.42 Å². The fraction of sp³-hybridized carbons (Fsp3) is 0.292. The zero-order valence-electron chi connectivity index (χ0n) is 17.4. The van der Waals surface area contributed by atoms with Crippen LogP contribution < -0.4 is 4.74 Å². The van der Waals surface area contributed by atoms with Crippen LogP contribution in [0.5, 0.6) is 11.5 Å². The van der Waals surface area contributed by atoms with Gasteiger partial charge in [-0.1, -0.05) is 12.1 Å². The minimum absolute atomic E-state index is 0.142. The van der Waals surface area contributed by atoms with E-state index in [1.807, 2.05) is 16.4 Å². The van der Waals surface area contributed by atoms with Crippen molar-refractivity contribution in [1.82, 2.24) is 4.31 Å². The van der Waals surface area contributed by atoms with Crippen molar-refractivity contribution in [3.05, 3.63) is 65.5 Å². The Labute approximate surface area is 188 Å². The first-order valence-corrected chi connectivity index (χ1v) is 11.0. The summed E-state index contributed by atoms with van der Waals surface area (Å²) in [6.45, 7) is 2.40. The zero-order chi connectivity index (χ0) is 22.9.